The minimum Gasteiger partial charge on any atom is -0.465 e. The lowest BCUT2D eigenvalue weighted by Gasteiger charge is -2.13. The molecule has 1 aromatic carbocycles. The van der Waals surface area contributed by atoms with Gasteiger partial charge in [0.05, 0.1) is 12.5 Å². The average Bonchev–Trinajstić information content (AvgIpc) is 2.45. The number of pyridine rings is 1. The Labute approximate surface area is 110 Å². The molecule has 0 saturated heterocycles. The highest BCUT2D eigenvalue weighted by Crippen LogP contribution is 2.21. The van der Waals surface area contributed by atoms with Gasteiger partial charge in [-0.15, -0.1) is 0 Å². The van der Waals surface area contributed by atoms with Crippen LogP contribution in [0.1, 0.15) is 10.4 Å². The highest BCUT2D eigenvalue weighted by molar-refractivity contribution is 5.94. The summed E-state index contributed by atoms with van der Waals surface area (Å²) in [6.07, 6.45) is 0.955. The molecule has 0 atom stereocenters. The standard InChI is InChI=1S/C12H9F3N2O3/c1-16-17-4-6(12(19)20-2)11(18)5-3-7(13)8(14)9(15)10(5)17/h3-4,16H,1-2H3. The second-order valence-corrected chi connectivity index (χ2v) is 3.84. The van der Waals surface area contributed by atoms with Crippen LogP contribution in [-0.4, -0.2) is 24.8 Å². The highest BCUT2D eigenvalue weighted by Gasteiger charge is 2.22. The van der Waals surface area contributed by atoms with Gasteiger partial charge in [-0.2, -0.15) is 0 Å². The number of carbonyl (C=O) groups excluding carboxylic acids is 1. The lowest BCUT2D eigenvalue weighted by Crippen LogP contribution is -2.24. The molecule has 0 amide bonds. The molecule has 0 aliphatic heterocycles. The van der Waals surface area contributed by atoms with Gasteiger partial charge in [0.1, 0.15) is 11.1 Å². The Morgan fingerprint density at radius 1 is 1.30 bits per heavy atom. The Kier molecular flexibility index (Phi) is 3.39. The van der Waals surface area contributed by atoms with E-state index in [0.29, 0.717) is 6.07 Å². The number of rotatable bonds is 2. The van der Waals surface area contributed by atoms with E-state index in [1.807, 2.05) is 0 Å². The van der Waals surface area contributed by atoms with Crippen LogP contribution in [-0.2, 0) is 4.74 Å². The number of fused-ring (bicyclic) bond motifs is 1. The maximum atomic E-state index is 13.8. The third-order valence-corrected chi connectivity index (χ3v) is 2.77. The highest BCUT2D eigenvalue weighted by atomic mass is 19.2. The molecule has 5 nitrogen and oxygen atoms in total. The fourth-order valence-electron chi connectivity index (χ4n) is 1.82. The molecule has 0 bridgehead atoms. The number of carbonyl (C=O) groups is 1. The molecule has 1 heterocycles. The molecule has 0 unspecified atom stereocenters. The number of halogens is 3. The predicted octanol–water partition coefficient (Wildman–Crippen LogP) is 1.38. The summed E-state index contributed by atoms with van der Waals surface area (Å²) >= 11 is 0. The van der Waals surface area contributed by atoms with E-state index >= 15 is 0 Å². The summed E-state index contributed by atoms with van der Waals surface area (Å²) in [6, 6.07) is 0.538. The SMILES string of the molecule is CNn1cc(C(=O)OC)c(=O)c2cc(F)c(F)c(F)c21. The van der Waals surface area contributed by atoms with Crippen LogP contribution in [0, 0.1) is 17.5 Å². The molecule has 106 valence electrons. The summed E-state index contributed by atoms with van der Waals surface area (Å²) in [6.45, 7) is 0. The molecular weight excluding hydrogens is 277 g/mol. The summed E-state index contributed by atoms with van der Waals surface area (Å²) in [5.41, 5.74) is 0.570. The normalized spacial score (nSPS) is 10.7. The monoisotopic (exact) mass is 286 g/mol. The molecule has 8 heteroatoms. The number of hydrogen-bond acceptors (Lipinski definition) is 4. The number of hydrogen-bond donors (Lipinski definition) is 1. The van der Waals surface area contributed by atoms with Crippen molar-refractivity contribution < 1.29 is 22.7 Å². The number of nitrogens with one attached hydrogen (secondary N) is 1. The molecule has 0 fully saturated rings. The Morgan fingerprint density at radius 3 is 2.50 bits per heavy atom. The zero-order valence-electron chi connectivity index (χ0n) is 10.5. The van der Waals surface area contributed by atoms with E-state index in [9.17, 15) is 22.8 Å². The fraction of sp³-hybridized carbons (Fsp3) is 0.167. The third-order valence-electron chi connectivity index (χ3n) is 2.77. The minimum absolute atomic E-state index is 0.431. The first-order chi connectivity index (χ1) is 9.42. The number of aromatic nitrogens is 1. The van der Waals surface area contributed by atoms with Crippen LogP contribution in [0.5, 0.6) is 0 Å². The number of methoxy groups -OCH3 is 1. The van der Waals surface area contributed by atoms with Gasteiger partial charge in [-0.1, -0.05) is 0 Å². The van der Waals surface area contributed by atoms with Gasteiger partial charge in [-0.25, -0.2) is 18.0 Å². The quantitative estimate of drug-likeness (QED) is 0.669. The van der Waals surface area contributed by atoms with Gasteiger partial charge in [-0.3, -0.25) is 9.47 Å². The van der Waals surface area contributed by atoms with Crippen LogP contribution in [0.3, 0.4) is 0 Å². The van der Waals surface area contributed by atoms with Gasteiger partial charge >= 0.3 is 5.97 Å². The van der Waals surface area contributed by atoms with E-state index in [2.05, 4.69) is 10.2 Å². The van der Waals surface area contributed by atoms with E-state index in [1.165, 1.54) is 7.05 Å². The second kappa shape index (κ2) is 4.87. The predicted molar refractivity (Wildman–Crippen MR) is 64.7 cm³/mol. The summed E-state index contributed by atoms with van der Waals surface area (Å²) in [4.78, 5) is 23.5. The van der Waals surface area contributed by atoms with Crippen molar-refractivity contribution in [1.82, 2.24) is 4.68 Å². The number of ether oxygens (including phenoxy) is 1. The first-order valence-electron chi connectivity index (χ1n) is 5.41. The Hall–Kier alpha value is -2.51. The molecule has 2 rings (SSSR count). The van der Waals surface area contributed by atoms with E-state index in [-0.39, 0.29) is 0 Å². The smallest absolute Gasteiger partial charge is 0.343 e. The van der Waals surface area contributed by atoms with Crippen LogP contribution >= 0.6 is 0 Å². The molecule has 0 spiro atoms. The molecule has 20 heavy (non-hydrogen) atoms. The molecule has 0 aliphatic rings. The zero-order valence-corrected chi connectivity index (χ0v) is 10.5. The molecule has 1 aromatic heterocycles. The first kappa shape index (κ1) is 13.9. The van der Waals surface area contributed by atoms with Crippen LogP contribution in [0.15, 0.2) is 17.1 Å². The average molecular weight is 286 g/mol. The van der Waals surface area contributed by atoms with Gasteiger partial charge in [0, 0.05) is 13.2 Å². The maximum Gasteiger partial charge on any atom is 0.343 e. The largest absolute Gasteiger partial charge is 0.465 e. The molecule has 0 aliphatic carbocycles. The lowest BCUT2D eigenvalue weighted by molar-refractivity contribution is 0.0598. The van der Waals surface area contributed by atoms with Crippen LogP contribution in [0.25, 0.3) is 10.9 Å². The van der Waals surface area contributed by atoms with Gasteiger partial charge in [0.25, 0.3) is 0 Å². The number of nitrogens with zero attached hydrogens (tertiary/aromatic N) is 1. The zero-order chi connectivity index (χ0) is 15.0. The minimum atomic E-state index is -1.70. The maximum absolute atomic E-state index is 13.8. The van der Waals surface area contributed by atoms with Gasteiger partial charge in [-0.05, 0) is 6.07 Å². The Morgan fingerprint density at radius 2 is 1.95 bits per heavy atom. The summed E-state index contributed by atoms with van der Waals surface area (Å²) in [7, 11) is 2.41. The van der Waals surface area contributed by atoms with Crippen molar-refractivity contribution in [3.8, 4) is 0 Å². The lowest BCUT2D eigenvalue weighted by atomic mass is 10.1. The van der Waals surface area contributed by atoms with Crippen LogP contribution < -0.4 is 10.9 Å². The third kappa shape index (κ3) is 1.89. The van der Waals surface area contributed by atoms with Crippen molar-refractivity contribution in [2.75, 3.05) is 19.6 Å². The van der Waals surface area contributed by atoms with E-state index in [1.54, 1.807) is 0 Å². The van der Waals surface area contributed by atoms with Crippen molar-refractivity contribution >= 4 is 16.9 Å². The van der Waals surface area contributed by atoms with Crippen molar-refractivity contribution in [1.29, 1.82) is 0 Å². The van der Waals surface area contributed by atoms with Crippen molar-refractivity contribution in [3.63, 3.8) is 0 Å². The summed E-state index contributed by atoms with van der Waals surface area (Å²) < 4.78 is 45.6. The Balaban J connectivity index is 3.01. The number of benzene rings is 1. The van der Waals surface area contributed by atoms with Gasteiger partial charge < -0.3 is 10.2 Å². The number of esters is 1. The summed E-state index contributed by atoms with van der Waals surface area (Å²) in [5.74, 6) is -5.71. The summed E-state index contributed by atoms with van der Waals surface area (Å²) in [5, 5.41) is -0.473. The molecule has 1 N–H and O–H groups in total. The van der Waals surface area contributed by atoms with Crippen molar-refractivity contribution in [3.05, 3.63) is 45.5 Å². The van der Waals surface area contributed by atoms with Crippen molar-refractivity contribution in [2.45, 2.75) is 0 Å². The second-order valence-electron chi connectivity index (χ2n) is 3.84. The Bertz CT molecular complexity index is 771. The molecule has 2 aromatic rings. The molecule has 0 saturated carbocycles. The fourth-order valence-corrected chi connectivity index (χ4v) is 1.82. The molecular formula is C12H9F3N2O3. The first-order valence-corrected chi connectivity index (χ1v) is 5.41. The topological polar surface area (TPSA) is 60.3 Å². The van der Waals surface area contributed by atoms with Gasteiger partial charge in [0.15, 0.2) is 17.5 Å². The van der Waals surface area contributed by atoms with Crippen LogP contribution in [0.2, 0.25) is 0 Å². The van der Waals surface area contributed by atoms with E-state index in [0.717, 1.165) is 18.0 Å². The van der Waals surface area contributed by atoms with Crippen LogP contribution in [0.4, 0.5) is 13.2 Å². The van der Waals surface area contributed by atoms with E-state index in [4.69, 9.17) is 0 Å². The van der Waals surface area contributed by atoms with Crippen molar-refractivity contribution in [2.24, 2.45) is 0 Å². The molecule has 0 radical (unpaired) electrons. The van der Waals surface area contributed by atoms with E-state index < -0.39 is 45.3 Å². The van der Waals surface area contributed by atoms with Gasteiger partial charge in [0.2, 0.25) is 5.43 Å².